The molecule has 7 N–H and O–H groups in total. The number of aromatic nitrogens is 2. The first-order valence-electron chi connectivity index (χ1n) is 15.2. The van der Waals surface area contributed by atoms with Crippen LogP contribution >= 0.6 is 0 Å². The van der Waals surface area contributed by atoms with Crippen LogP contribution in [0.5, 0.6) is 11.5 Å². The van der Waals surface area contributed by atoms with E-state index in [1.807, 2.05) is 79.7 Å². The summed E-state index contributed by atoms with van der Waals surface area (Å²) in [7, 11) is 0. The highest BCUT2D eigenvalue weighted by atomic mass is 16.6. The molecule has 12 nitrogen and oxygen atoms in total. The van der Waals surface area contributed by atoms with Gasteiger partial charge in [-0.05, 0) is 61.7 Å². The number of ether oxygens (including phenoxy) is 3. The van der Waals surface area contributed by atoms with Gasteiger partial charge in [0.2, 0.25) is 11.9 Å². The number of fused-ring (bicyclic) bond motifs is 1. The Labute approximate surface area is 261 Å². The molecule has 1 saturated heterocycles. The van der Waals surface area contributed by atoms with Crippen LogP contribution in [0.2, 0.25) is 0 Å². The Kier molecular flexibility index (Phi) is 10.9. The van der Waals surface area contributed by atoms with Crippen LogP contribution in [0.4, 0.5) is 5.95 Å². The number of carbonyl (C=O) groups excluding carboxylic acids is 1. The third-order valence-electron chi connectivity index (χ3n) is 7.72. The zero-order chi connectivity index (χ0) is 31.8. The Balaban J connectivity index is 1.23. The Bertz CT molecular complexity index is 1550. The molecule has 0 spiro atoms. The van der Waals surface area contributed by atoms with E-state index < -0.39 is 43.1 Å². The molecule has 1 amide bonds. The van der Waals surface area contributed by atoms with Gasteiger partial charge in [0.1, 0.15) is 18.3 Å². The molecule has 1 aromatic heterocycles. The predicted molar refractivity (Wildman–Crippen MR) is 169 cm³/mol. The normalized spacial score (nSPS) is 20.3. The number of nitrogens with one attached hydrogen (secondary N) is 2. The molecule has 0 saturated carbocycles. The molecule has 240 valence electrons. The van der Waals surface area contributed by atoms with Crippen molar-refractivity contribution in [3.63, 3.8) is 0 Å². The fourth-order valence-electron chi connectivity index (χ4n) is 5.40. The molecule has 0 bridgehead atoms. The van der Waals surface area contributed by atoms with Crippen molar-refractivity contribution in [2.75, 3.05) is 31.7 Å². The van der Waals surface area contributed by atoms with E-state index in [0.717, 1.165) is 11.1 Å². The van der Waals surface area contributed by atoms with Gasteiger partial charge in [-0.25, -0.2) is 4.98 Å². The number of benzene rings is 3. The number of imidazole rings is 1. The smallest absolute Gasteiger partial charge is 0.234 e. The summed E-state index contributed by atoms with van der Waals surface area (Å²) >= 11 is 0. The summed E-state index contributed by atoms with van der Waals surface area (Å²) in [6, 6.07) is 22.4. The molecule has 1 aliphatic heterocycles. The van der Waals surface area contributed by atoms with E-state index in [-0.39, 0.29) is 0 Å². The van der Waals surface area contributed by atoms with E-state index in [2.05, 4.69) is 10.6 Å². The zero-order valence-corrected chi connectivity index (χ0v) is 25.2. The van der Waals surface area contributed by atoms with Crippen LogP contribution in [0.1, 0.15) is 30.7 Å². The molecule has 0 aliphatic carbocycles. The number of amides is 1. The molecule has 1 aliphatic rings. The second kappa shape index (κ2) is 15.2. The fourth-order valence-corrected chi connectivity index (χ4v) is 5.40. The molecule has 2 heterocycles. The largest absolute Gasteiger partial charge is 0.490 e. The van der Waals surface area contributed by atoms with Crippen molar-refractivity contribution >= 4 is 22.9 Å². The molecule has 5 rings (SSSR count). The third kappa shape index (κ3) is 7.72. The quantitative estimate of drug-likeness (QED) is 0.102. The van der Waals surface area contributed by atoms with Gasteiger partial charge in [0.05, 0.1) is 36.9 Å². The minimum atomic E-state index is -1.25. The summed E-state index contributed by atoms with van der Waals surface area (Å²) in [5.41, 5.74) is 8.94. The van der Waals surface area contributed by atoms with Gasteiger partial charge in [0, 0.05) is 6.54 Å². The molecule has 4 aromatic rings. The first kappa shape index (κ1) is 32.2. The number of rotatable bonds is 16. The monoisotopic (exact) mass is 619 g/mol. The van der Waals surface area contributed by atoms with Gasteiger partial charge < -0.3 is 45.9 Å². The maximum atomic E-state index is 12.0. The van der Waals surface area contributed by atoms with Crippen LogP contribution in [0, 0.1) is 0 Å². The number of aliphatic hydroxyl groups is 3. The van der Waals surface area contributed by atoms with Crippen LogP contribution in [0.3, 0.4) is 0 Å². The number of primary amides is 1. The van der Waals surface area contributed by atoms with Crippen molar-refractivity contribution in [1.29, 1.82) is 0 Å². The highest BCUT2D eigenvalue weighted by molar-refractivity contribution is 5.80. The first-order valence-corrected chi connectivity index (χ1v) is 15.2. The Hall–Kier alpha value is -4.20. The third-order valence-corrected chi connectivity index (χ3v) is 7.72. The van der Waals surface area contributed by atoms with Crippen molar-refractivity contribution in [1.82, 2.24) is 14.9 Å². The zero-order valence-electron chi connectivity index (χ0n) is 25.2. The molecule has 1 fully saturated rings. The lowest BCUT2D eigenvalue weighted by Crippen LogP contribution is -2.43. The van der Waals surface area contributed by atoms with Gasteiger partial charge in [-0.1, -0.05) is 48.5 Å². The van der Waals surface area contributed by atoms with Crippen molar-refractivity contribution in [2.45, 2.75) is 56.9 Å². The maximum absolute atomic E-state index is 12.0. The second-order valence-corrected chi connectivity index (χ2v) is 10.9. The number of nitrogens with zero attached hydrogens (tertiary/aromatic N) is 2. The van der Waals surface area contributed by atoms with Crippen molar-refractivity contribution in [3.05, 3.63) is 83.9 Å². The molecule has 12 heteroatoms. The SMILES string of the molecule is CCOc1ccc(CNc2nc3ccccc3n2[C@@H]2O[C@H](CO)[C@@H](O)[C@H]2O)cc1OCCCN[C@@H](Cc1ccccc1)C(N)=O. The number of hydrogen-bond donors (Lipinski definition) is 6. The lowest BCUT2D eigenvalue weighted by molar-refractivity contribution is -0.120. The average molecular weight is 620 g/mol. The Morgan fingerprint density at radius 3 is 2.53 bits per heavy atom. The summed E-state index contributed by atoms with van der Waals surface area (Å²) in [4.78, 5) is 16.7. The molecule has 0 unspecified atom stereocenters. The van der Waals surface area contributed by atoms with Crippen LogP contribution in [-0.2, 0) is 22.5 Å². The van der Waals surface area contributed by atoms with Crippen molar-refractivity contribution in [2.24, 2.45) is 5.73 Å². The van der Waals surface area contributed by atoms with Gasteiger partial charge in [0.25, 0.3) is 0 Å². The van der Waals surface area contributed by atoms with E-state index in [1.54, 1.807) is 4.57 Å². The van der Waals surface area contributed by atoms with Gasteiger partial charge >= 0.3 is 0 Å². The van der Waals surface area contributed by atoms with Crippen LogP contribution in [-0.4, -0.2) is 81.5 Å². The second-order valence-electron chi connectivity index (χ2n) is 10.9. The molecule has 0 radical (unpaired) electrons. The van der Waals surface area contributed by atoms with Gasteiger partial charge in [0.15, 0.2) is 17.7 Å². The minimum absolute atomic E-state index is 0.363. The summed E-state index contributed by atoms with van der Waals surface area (Å²) in [6.45, 7) is 3.26. The van der Waals surface area contributed by atoms with E-state index in [0.29, 0.717) is 67.6 Å². The highest BCUT2D eigenvalue weighted by Gasteiger charge is 2.44. The summed E-state index contributed by atoms with van der Waals surface area (Å²) < 4.78 is 19.4. The summed E-state index contributed by atoms with van der Waals surface area (Å²) in [5, 5.41) is 37.3. The standard InChI is InChI=1S/C33H41N5O7/c1-2-43-26-14-13-22(18-27(26)44-16-8-15-35-24(31(34)42)17-21-9-4-3-5-10-21)19-36-33-37-23-11-6-7-12-25(23)38(33)32-30(41)29(40)28(20-39)45-32/h3-7,9-14,18,24,28-30,32,35,39-41H,2,8,15-17,19-20H2,1H3,(H2,34,42)(H,36,37)/t24-,28+,29+,30+,32+/m0/s1. The average Bonchev–Trinajstić information content (AvgIpc) is 3.56. The van der Waals surface area contributed by atoms with Crippen LogP contribution < -0.4 is 25.8 Å². The lowest BCUT2D eigenvalue weighted by atomic mass is 10.1. The van der Waals surface area contributed by atoms with E-state index in [1.165, 1.54) is 0 Å². The number of carbonyl (C=O) groups is 1. The molecule has 45 heavy (non-hydrogen) atoms. The molecule has 3 aromatic carbocycles. The van der Waals surface area contributed by atoms with Gasteiger partial charge in [-0.15, -0.1) is 0 Å². The molecule has 5 atom stereocenters. The van der Waals surface area contributed by atoms with Gasteiger partial charge in [-0.3, -0.25) is 9.36 Å². The number of para-hydroxylation sites is 2. The van der Waals surface area contributed by atoms with Crippen LogP contribution in [0.15, 0.2) is 72.8 Å². The topological polar surface area (TPSA) is 173 Å². The number of anilines is 1. The predicted octanol–water partition coefficient (Wildman–Crippen LogP) is 2.11. The number of hydrogen-bond acceptors (Lipinski definition) is 10. The van der Waals surface area contributed by atoms with E-state index in [4.69, 9.17) is 24.9 Å². The van der Waals surface area contributed by atoms with Gasteiger partial charge in [-0.2, -0.15) is 0 Å². The van der Waals surface area contributed by atoms with E-state index >= 15 is 0 Å². The number of aliphatic hydroxyl groups excluding tert-OH is 3. The number of nitrogens with two attached hydrogens (primary N) is 1. The van der Waals surface area contributed by atoms with Crippen molar-refractivity contribution in [3.8, 4) is 11.5 Å². The Morgan fingerprint density at radius 1 is 1.02 bits per heavy atom. The van der Waals surface area contributed by atoms with E-state index in [9.17, 15) is 20.1 Å². The fraction of sp³-hybridized carbons (Fsp3) is 0.394. The summed E-state index contributed by atoms with van der Waals surface area (Å²) in [6.07, 6.45) is -3.19. The Morgan fingerprint density at radius 2 is 1.80 bits per heavy atom. The minimum Gasteiger partial charge on any atom is -0.490 e. The lowest BCUT2D eigenvalue weighted by Gasteiger charge is -2.20. The summed E-state index contributed by atoms with van der Waals surface area (Å²) in [5.74, 6) is 1.24. The molecular weight excluding hydrogens is 578 g/mol. The highest BCUT2D eigenvalue weighted by Crippen LogP contribution is 2.35. The molecular formula is C33H41N5O7. The first-order chi connectivity index (χ1) is 21.9. The van der Waals surface area contributed by atoms with Crippen LogP contribution in [0.25, 0.3) is 11.0 Å². The maximum Gasteiger partial charge on any atom is 0.234 e. The van der Waals surface area contributed by atoms with Crippen molar-refractivity contribution < 1.29 is 34.3 Å².